The highest BCUT2D eigenvalue weighted by atomic mass is 31.2. The van der Waals surface area contributed by atoms with Gasteiger partial charge in [0.2, 0.25) is 0 Å². The van der Waals surface area contributed by atoms with Crippen molar-refractivity contribution in [3.8, 4) is 0 Å². The van der Waals surface area contributed by atoms with Crippen molar-refractivity contribution < 1.29 is 80.2 Å². The predicted octanol–water partition coefficient (Wildman–Crippen LogP) is 14.9. The first-order chi connectivity index (χ1) is 36.4. The zero-order chi connectivity index (χ0) is 56.6. The Morgan fingerprint density at radius 2 is 0.671 bits per heavy atom. The number of hydrogen-bond acceptors (Lipinski definition) is 15. The SMILES string of the molecule is CCCCCCCCCCCC(=O)O[C@H](COC(=O)CCCCCCC)COP(=O)(O)OC[C@H](O)COP(=O)(O)OC[C@@H](COC(=O)CCCCCCCCCC(C)C)OC(=O)CCCCCCCCCCC(C)CC. The second kappa shape index (κ2) is 50.1. The van der Waals surface area contributed by atoms with Gasteiger partial charge in [0.15, 0.2) is 12.2 Å². The number of aliphatic hydroxyl groups excluding tert-OH is 1. The highest BCUT2D eigenvalue weighted by Crippen LogP contribution is 2.45. The summed E-state index contributed by atoms with van der Waals surface area (Å²) in [6.07, 6.45) is 29.7. The van der Waals surface area contributed by atoms with Gasteiger partial charge >= 0.3 is 39.5 Å². The summed E-state index contributed by atoms with van der Waals surface area (Å²) in [5.41, 5.74) is 0. The van der Waals surface area contributed by atoms with E-state index in [1.807, 2.05) is 0 Å². The van der Waals surface area contributed by atoms with Gasteiger partial charge in [-0.05, 0) is 37.5 Å². The van der Waals surface area contributed by atoms with E-state index in [2.05, 4.69) is 41.5 Å². The van der Waals surface area contributed by atoms with Crippen LogP contribution in [0.1, 0.15) is 273 Å². The number of carbonyl (C=O) groups excluding carboxylic acids is 4. The quantitative estimate of drug-likeness (QED) is 0.0222. The van der Waals surface area contributed by atoms with Crippen LogP contribution in [0.5, 0.6) is 0 Å². The zero-order valence-electron chi connectivity index (χ0n) is 48.5. The topological polar surface area (TPSA) is 237 Å². The van der Waals surface area contributed by atoms with Crippen molar-refractivity contribution in [2.75, 3.05) is 39.6 Å². The molecular formula is C57H110O17P2. The lowest BCUT2D eigenvalue weighted by Crippen LogP contribution is -2.30. The fourth-order valence-electron chi connectivity index (χ4n) is 8.26. The Hall–Kier alpha value is -1.94. The lowest BCUT2D eigenvalue weighted by molar-refractivity contribution is -0.161. The fourth-order valence-corrected chi connectivity index (χ4v) is 9.84. The molecule has 3 unspecified atom stereocenters. The van der Waals surface area contributed by atoms with Crippen LogP contribution >= 0.6 is 15.6 Å². The van der Waals surface area contributed by atoms with E-state index in [4.69, 9.17) is 37.0 Å². The molecule has 450 valence electrons. The van der Waals surface area contributed by atoms with Crippen molar-refractivity contribution in [1.29, 1.82) is 0 Å². The maximum atomic E-state index is 12.9. The van der Waals surface area contributed by atoms with Crippen LogP contribution in [0.4, 0.5) is 0 Å². The molecule has 0 radical (unpaired) electrons. The maximum Gasteiger partial charge on any atom is 0.472 e. The second-order valence-corrected chi connectivity index (χ2v) is 24.3. The van der Waals surface area contributed by atoms with Gasteiger partial charge in [-0.3, -0.25) is 37.3 Å². The van der Waals surface area contributed by atoms with E-state index in [1.54, 1.807) is 0 Å². The van der Waals surface area contributed by atoms with Crippen LogP contribution in [0.2, 0.25) is 0 Å². The third-order valence-electron chi connectivity index (χ3n) is 13.3. The van der Waals surface area contributed by atoms with Crippen LogP contribution in [0, 0.1) is 11.8 Å². The summed E-state index contributed by atoms with van der Waals surface area (Å²) < 4.78 is 67.5. The Bertz CT molecular complexity index is 1520. The van der Waals surface area contributed by atoms with Gasteiger partial charge in [0.05, 0.1) is 26.4 Å². The zero-order valence-corrected chi connectivity index (χ0v) is 50.3. The average molecular weight is 1130 g/mol. The smallest absolute Gasteiger partial charge is 0.462 e. The number of phosphoric ester groups is 2. The highest BCUT2D eigenvalue weighted by molar-refractivity contribution is 7.47. The number of aliphatic hydroxyl groups is 1. The van der Waals surface area contributed by atoms with Gasteiger partial charge in [-0.15, -0.1) is 0 Å². The van der Waals surface area contributed by atoms with Gasteiger partial charge in [-0.25, -0.2) is 9.13 Å². The normalized spacial score (nSPS) is 14.9. The average Bonchev–Trinajstić information content (AvgIpc) is 3.38. The lowest BCUT2D eigenvalue weighted by Gasteiger charge is -2.21. The molecule has 0 spiro atoms. The van der Waals surface area contributed by atoms with Crippen LogP contribution in [-0.4, -0.2) is 96.7 Å². The predicted molar refractivity (Wildman–Crippen MR) is 298 cm³/mol. The van der Waals surface area contributed by atoms with Gasteiger partial charge in [0.25, 0.3) is 0 Å². The van der Waals surface area contributed by atoms with Crippen LogP contribution in [0.3, 0.4) is 0 Å². The van der Waals surface area contributed by atoms with E-state index in [9.17, 15) is 43.2 Å². The molecule has 17 nitrogen and oxygen atoms in total. The molecule has 0 saturated heterocycles. The third-order valence-corrected chi connectivity index (χ3v) is 15.2. The minimum Gasteiger partial charge on any atom is -0.462 e. The summed E-state index contributed by atoms with van der Waals surface area (Å²) in [4.78, 5) is 71.6. The lowest BCUT2D eigenvalue weighted by atomic mass is 9.99. The van der Waals surface area contributed by atoms with E-state index in [1.165, 1.54) is 77.0 Å². The van der Waals surface area contributed by atoms with E-state index < -0.39 is 97.5 Å². The largest absolute Gasteiger partial charge is 0.472 e. The van der Waals surface area contributed by atoms with Crippen molar-refractivity contribution in [3.63, 3.8) is 0 Å². The molecule has 6 atom stereocenters. The van der Waals surface area contributed by atoms with Gasteiger partial charge in [0, 0.05) is 25.7 Å². The molecule has 0 saturated carbocycles. The Labute approximate surface area is 460 Å². The summed E-state index contributed by atoms with van der Waals surface area (Å²) in [6.45, 7) is 9.27. The van der Waals surface area contributed by atoms with Crippen molar-refractivity contribution in [2.24, 2.45) is 11.8 Å². The molecule has 0 aliphatic carbocycles. The molecule has 0 fully saturated rings. The number of hydrogen-bond donors (Lipinski definition) is 3. The van der Waals surface area contributed by atoms with Crippen molar-refractivity contribution in [3.05, 3.63) is 0 Å². The molecule has 0 heterocycles. The first kappa shape index (κ1) is 74.1. The molecule has 0 aromatic rings. The Morgan fingerprint density at radius 1 is 0.382 bits per heavy atom. The van der Waals surface area contributed by atoms with Crippen LogP contribution < -0.4 is 0 Å². The van der Waals surface area contributed by atoms with Gasteiger partial charge in [-0.2, -0.15) is 0 Å². The van der Waals surface area contributed by atoms with E-state index in [-0.39, 0.29) is 25.7 Å². The number of ether oxygens (including phenoxy) is 4. The van der Waals surface area contributed by atoms with Crippen molar-refractivity contribution >= 4 is 39.5 Å². The van der Waals surface area contributed by atoms with Gasteiger partial charge < -0.3 is 33.8 Å². The molecule has 0 bridgehead atoms. The van der Waals surface area contributed by atoms with Crippen LogP contribution in [0.15, 0.2) is 0 Å². The third kappa shape index (κ3) is 50.3. The molecule has 3 N–H and O–H groups in total. The van der Waals surface area contributed by atoms with Crippen LogP contribution in [0.25, 0.3) is 0 Å². The summed E-state index contributed by atoms with van der Waals surface area (Å²) in [7, 11) is -9.86. The molecule has 76 heavy (non-hydrogen) atoms. The summed E-state index contributed by atoms with van der Waals surface area (Å²) >= 11 is 0. The van der Waals surface area contributed by atoms with E-state index >= 15 is 0 Å². The maximum absolute atomic E-state index is 12.9. The minimum atomic E-state index is -4.94. The number of esters is 4. The highest BCUT2D eigenvalue weighted by Gasteiger charge is 2.30. The molecule has 0 aliphatic rings. The summed E-state index contributed by atoms with van der Waals surface area (Å²) in [5, 5.41) is 10.5. The van der Waals surface area contributed by atoms with E-state index in [0.29, 0.717) is 31.6 Å². The van der Waals surface area contributed by atoms with Crippen LogP contribution in [-0.2, 0) is 65.4 Å². The van der Waals surface area contributed by atoms with Gasteiger partial charge in [-0.1, -0.05) is 221 Å². The first-order valence-corrected chi connectivity index (χ1v) is 33.0. The molecule has 0 aliphatic heterocycles. The minimum absolute atomic E-state index is 0.104. The first-order valence-electron chi connectivity index (χ1n) is 30.0. The van der Waals surface area contributed by atoms with E-state index in [0.717, 1.165) is 109 Å². The van der Waals surface area contributed by atoms with Crippen molar-refractivity contribution in [2.45, 2.75) is 291 Å². The molecule has 0 rings (SSSR count). The fraction of sp³-hybridized carbons (Fsp3) is 0.930. The second-order valence-electron chi connectivity index (χ2n) is 21.4. The van der Waals surface area contributed by atoms with Gasteiger partial charge in [0.1, 0.15) is 19.3 Å². The number of phosphoric acid groups is 2. The molecule has 0 aromatic carbocycles. The number of rotatable bonds is 56. The number of unbranched alkanes of at least 4 members (excludes halogenated alkanes) is 25. The molecule has 0 amide bonds. The molecule has 19 heteroatoms. The summed E-state index contributed by atoms with van der Waals surface area (Å²) in [6, 6.07) is 0. The Kier molecular flexibility index (Phi) is 48.8. The molecular weight excluding hydrogens is 1020 g/mol. The van der Waals surface area contributed by atoms with Crippen molar-refractivity contribution in [1.82, 2.24) is 0 Å². The summed E-state index contributed by atoms with van der Waals surface area (Å²) in [5.74, 6) is -0.683. The monoisotopic (exact) mass is 1130 g/mol. The Balaban J connectivity index is 5.20. The standard InChI is InChI=1S/C57H110O17P2/c1-7-10-12-14-15-16-22-29-35-41-56(61)73-52(45-67-54(59)39-33-25-13-11-8-2)47-71-75(63,64)69-43-51(58)44-70-76(65,66)72-48-53(46-68-55(60)40-34-28-24-19-20-26-31-37-49(4)5)74-57(62)42-36-30-23-18-17-21-27-32-38-50(6)9-3/h49-53,58H,7-48H2,1-6H3,(H,63,64)(H,65,66)/t50?,51-,52+,53+/m0/s1. The molecule has 0 aromatic heterocycles. The Morgan fingerprint density at radius 3 is 1.00 bits per heavy atom. The number of carbonyl (C=O) groups is 4.